The van der Waals surface area contributed by atoms with Gasteiger partial charge in [0.1, 0.15) is 0 Å². The number of hydrogen-bond donors (Lipinski definition) is 2. The molecule has 3 nitrogen and oxygen atoms in total. The van der Waals surface area contributed by atoms with Crippen molar-refractivity contribution < 1.29 is 5.11 Å². The summed E-state index contributed by atoms with van der Waals surface area (Å²) in [4.78, 5) is 2.39. The van der Waals surface area contributed by atoms with Crippen molar-refractivity contribution in [3.63, 3.8) is 0 Å². The molecule has 2 rings (SSSR count). The number of piperidine rings is 1. The molecule has 3 N–H and O–H groups in total. The van der Waals surface area contributed by atoms with E-state index in [9.17, 15) is 5.11 Å². The van der Waals surface area contributed by atoms with E-state index in [4.69, 9.17) is 5.73 Å². The van der Waals surface area contributed by atoms with E-state index in [-0.39, 0.29) is 0 Å². The average Bonchev–Trinajstić information content (AvgIpc) is 2.40. The van der Waals surface area contributed by atoms with Gasteiger partial charge in [-0.15, -0.1) is 0 Å². The van der Waals surface area contributed by atoms with Gasteiger partial charge in [0, 0.05) is 25.2 Å². The average molecular weight is 258 g/mol. The molecule has 0 spiro atoms. The number of likely N-dealkylation sites (tertiary alicyclic amines) is 1. The number of rotatable bonds is 2. The van der Waals surface area contributed by atoms with Gasteiger partial charge in [-0.3, -0.25) is 4.90 Å². The van der Waals surface area contributed by atoms with Crippen molar-refractivity contribution in [2.75, 3.05) is 19.6 Å². The quantitative estimate of drug-likeness (QED) is 0.787. The Bertz CT molecular complexity index is 458. The fraction of sp³-hybridized carbons (Fsp3) is 0.500. The van der Waals surface area contributed by atoms with Gasteiger partial charge in [-0.2, -0.15) is 0 Å². The largest absolute Gasteiger partial charge is 0.390 e. The first-order valence-corrected chi connectivity index (χ1v) is 6.82. The number of nitrogens with zero attached hydrogens (tertiary/aromatic N) is 1. The van der Waals surface area contributed by atoms with E-state index in [0.29, 0.717) is 6.54 Å². The van der Waals surface area contributed by atoms with Crippen LogP contribution in [0.1, 0.15) is 30.9 Å². The highest BCUT2D eigenvalue weighted by Gasteiger charge is 2.26. The first-order chi connectivity index (χ1) is 9.09. The molecule has 0 amide bonds. The fourth-order valence-corrected chi connectivity index (χ4v) is 2.30. The monoisotopic (exact) mass is 258 g/mol. The first kappa shape index (κ1) is 14.1. The van der Waals surface area contributed by atoms with Gasteiger partial charge >= 0.3 is 0 Å². The minimum absolute atomic E-state index is 0.398. The second kappa shape index (κ2) is 6.21. The van der Waals surface area contributed by atoms with Crippen LogP contribution in [0.25, 0.3) is 0 Å². The van der Waals surface area contributed by atoms with Crippen LogP contribution >= 0.6 is 0 Å². The number of nitrogens with two attached hydrogens (primary N) is 1. The van der Waals surface area contributed by atoms with Crippen molar-refractivity contribution >= 4 is 0 Å². The third-order valence-corrected chi connectivity index (χ3v) is 3.63. The van der Waals surface area contributed by atoms with Crippen molar-refractivity contribution in [1.29, 1.82) is 0 Å². The molecule has 1 heterocycles. The maximum absolute atomic E-state index is 9.93. The summed E-state index contributed by atoms with van der Waals surface area (Å²) in [5.74, 6) is 5.88. The molecule has 0 unspecified atom stereocenters. The maximum atomic E-state index is 9.93. The maximum Gasteiger partial charge on any atom is 0.0644 e. The molecule has 0 aromatic heterocycles. The van der Waals surface area contributed by atoms with Crippen LogP contribution in [0, 0.1) is 11.8 Å². The van der Waals surface area contributed by atoms with Gasteiger partial charge in [-0.05, 0) is 37.5 Å². The highest BCUT2D eigenvalue weighted by atomic mass is 16.3. The Labute approximate surface area is 115 Å². The molecule has 0 radical (unpaired) electrons. The molecule has 0 aliphatic carbocycles. The summed E-state index contributed by atoms with van der Waals surface area (Å²) in [6.45, 7) is 5.19. The fourth-order valence-electron chi connectivity index (χ4n) is 2.30. The third kappa shape index (κ3) is 4.36. The third-order valence-electron chi connectivity index (χ3n) is 3.63. The molecule has 0 saturated carbocycles. The standard InChI is InChI=1S/C16H22N2O/c1-16(19)8-11-18(12-9-16)13-15-6-4-14(5-7-15)3-2-10-17/h4-7,19H,8-13,17H2,1H3. The van der Waals surface area contributed by atoms with Crippen molar-refractivity contribution in [3.05, 3.63) is 35.4 Å². The molecular formula is C16H22N2O. The van der Waals surface area contributed by atoms with E-state index in [1.165, 1.54) is 5.56 Å². The summed E-state index contributed by atoms with van der Waals surface area (Å²) in [7, 11) is 0. The van der Waals surface area contributed by atoms with Crippen LogP contribution in [0.2, 0.25) is 0 Å². The van der Waals surface area contributed by atoms with E-state index in [1.807, 2.05) is 19.1 Å². The van der Waals surface area contributed by atoms with Gasteiger partial charge in [0.2, 0.25) is 0 Å². The molecule has 3 heteroatoms. The molecule has 102 valence electrons. The Morgan fingerprint density at radius 2 is 1.89 bits per heavy atom. The zero-order chi connectivity index (χ0) is 13.7. The Morgan fingerprint density at radius 1 is 1.26 bits per heavy atom. The van der Waals surface area contributed by atoms with Gasteiger partial charge in [0.05, 0.1) is 12.1 Å². The van der Waals surface area contributed by atoms with Gasteiger partial charge < -0.3 is 10.8 Å². The molecule has 1 fully saturated rings. The summed E-state index contributed by atoms with van der Waals surface area (Å²) in [5.41, 5.74) is 7.18. The lowest BCUT2D eigenvalue weighted by Gasteiger charge is -2.35. The topological polar surface area (TPSA) is 49.5 Å². The minimum Gasteiger partial charge on any atom is -0.390 e. The van der Waals surface area contributed by atoms with E-state index in [1.54, 1.807) is 0 Å². The van der Waals surface area contributed by atoms with Crippen LogP contribution in [-0.2, 0) is 6.54 Å². The van der Waals surface area contributed by atoms with E-state index in [2.05, 4.69) is 28.9 Å². The number of aliphatic hydroxyl groups is 1. The number of hydrogen-bond acceptors (Lipinski definition) is 3. The molecule has 0 bridgehead atoms. The lowest BCUT2D eigenvalue weighted by Crippen LogP contribution is -2.41. The lowest BCUT2D eigenvalue weighted by molar-refractivity contribution is -0.00729. The molecule has 0 atom stereocenters. The van der Waals surface area contributed by atoms with Crippen LogP contribution in [0.15, 0.2) is 24.3 Å². The van der Waals surface area contributed by atoms with Crippen molar-refractivity contribution in [3.8, 4) is 11.8 Å². The Morgan fingerprint density at radius 3 is 2.47 bits per heavy atom. The molecule has 1 aliphatic rings. The Hall–Kier alpha value is -1.34. The summed E-state index contributed by atoms with van der Waals surface area (Å²) >= 11 is 0. The van der Waals surface area contributed by atoms with Crippen LogP contribution in [0.3, 0.4) is 0 Å². The van der Waals surface area contributed by atoms with Crippen LogP contribution < -0.4 is 5.73 Å². The van der Waals surface area contributed by atoms with Gasteiger partial charge in [-0.25, -0.2) is 0 Å². The van der Waals surface area contributed by atoms with Crippen molar-refractivity contribution in [2.24, 2.45) is 5.73 Å². The molecule has 1 saturated heterocycles. The first-order valence-electron chi connectivity index (χ1n) is 6.82. The van der Waals surface area contributed by atoms with Gasteiger partial charge in [0.15, 0.2) is 0 Å². The zero-order valence-corrected chi connectivity index (χ0v) is 11.5. The van der Waals surface area contributed by atoms with Crippen molar-refractivity contribution in [1.82, 2.24) is 4.90 Å². The van der Waals surface area contributed by atoms with Gasteiger partial charge in [-0.1, -0.05) is 24.0 Å². The predicted octanol–water partition coefficient (Wildman–Crippen LogP) is 1.34. The van der Waals surface area contributed by atoms with E-state index >= 15 is 0 Å². The molecule has 1 aromatic carbocycles. The normalized spacial score (nSPS) is 18.7. The predicted molar refractivity (Wildman–Crippen MR) is 77.5 cm³/mol. The SMILES string of the molecule is CC1(O)CCN(Cc2ccc(C#CCN)cc2)CC1. The van der Waals surface area contributed by atoms with Crippen LogP contribution in [0.4, 0.5) is 0 Å². The summed E-state index contributed by atoms with van der Waals surface area (Å²) in [6, 6.07) is 8.32. The molecule has 1 aromatic rings. The summed E-state index contributed by atoms with van der Waals surface area (Å²) < 4.78 is 0. The second-order valence-corrected chi connectivity index (χ2v) is 5.48. The smallest absolute Gasteiger partial charge is 0.0644 e. The Kier molecular flexibility index (Phi) is 4.60. The molecule has 1 aliphatic heterocycles. The highest BCUT2D eigenvalue weighted by Crippen LogP contribution is 2.22. The lowest BCUT2D eigenvalue weighted by atomic mass is 9.93. The Balaban J connectivity index is 1.90. The minimum atomic E-state index is -0.474. The number of benzene rings is 1. The summed E-state index contributed by atoms with van der Waals surface area (Å²) in [6.07, 6.45) is 1.71. The van der Waals surface area contributed by atoms with E-state index < -0.39 is 5.60 Å². The highest BCUT2D eigenvalue weighted by molar-refractivity contribution is 5.36. The van der Waals surface area contributed by atoms with Crippen LogP contribution in [0.5, 0.6) is 0 Å². The van der Waals surface area contributed by atoms with E-state index in [0.717, 1.165) is 38.0 Å². The summed E-state index contributed by atoms with van der Waals surface area (Å²) in [5, 5.41) is 9.93. The second-order valence-electron chi connectivity index (χ2n) is 5.48. The molecule has 19 heavy (non-hydrogen) atoms. The van der Waals surface area contributed by atoms with Crippen LogP contribution in [-0.4, -0.2) is 35.2 Å². The van der Waals surface area contributed by atoms with Crippen molar-refractivity contribution in [2.45, 2.75) is 31.9 Å². The van der Waals surface area contributed by atoms with Gasteiger partial charge in [0.25, 0.3) is 0 Å². The zero-order valence-electron chi connectivity index (χ0n) is 11.5. The molecular weight excluding hydrogens is 236 g/mol.